The van der Waals surface area contributed by atoms with Crippen molar-refractivity contribution in [1.82, 2.24) is 14.9 Å². The molecule has 0 aliphatic carbocycles. The summed E-state index contributed by atoms with van der Waals surface area (Å²) in [6.45, 7) is 6.52. The van der Waals surface area contributed by atoms with Crippen LogP contribution in [-0.2, 0) is 17.8 Å². The van der Waals surface area contributed by atoms with Crippen molar-refractivity contribution in [1.29, 1.82) is 0 Å². The Morgan fingerprint density at radius 1 is 1.17 bits per heavy atom. The van der Waals surface area contributed by atoms with Crippen molar-refractivity contribution in [2.24, 2.45) is 0 Å². The van der Waals surface area contributed by atoms with Gasteiger partial charge < -0.3 is 9.64 Å². The molecule has 5 nitrogen and oxygen atoms in total. The summed E-state index contributed by atoms with van der Waals surface area (Å²) in [5.41, 5.74) is 3.15. The number of morpholine rings is 1. The normalized spacial score (nSPS) is 15.1. The van der Waals surface area contributed by atoms with Gasteiger partial charge in [0.1, 0.15) is 5.82 Å². The third kappa shape index (κ3) is 4.27. The molecule has 0 bridgehead atoms. The first-order valence-corrected chi connectivity index (χ1v) is 8.19. The molecule has 128 valence electrons. The van der Waals surface area contributed by atoms with Crippen molar-refractivity contribution < 1.29 is 9.13 Å². The SMILES string of the molecule is Cc1ccc(F)cc1CN(C)Cc1cnc(N2CCOCC2)nc1. The fourth-order valence-corrected chi connectivity index (χ4v) is 2.83. The summed E-state index contributed by atoms with van der Waals surface area (Å²) in [7, 11) is 2.01. The highest BCUT2D eigenvalue weighted by Crippen LogP contribution is 2.14. The van der Waals surface area contributed by atoms with E-state index in [-0.39, 0.29) is 5.82 Å². The Hall–Kier alpha value is -2.05. The first kappa shape index (κ1) is 16.8. The van der Waals surface area contributed by atoms with Crippen LogP contribution in [-0.4, -0.2) is 48.2 Å². The Labute approximate surface area is 142 Å². The molecule has 3 rings (SSSR count). The van der Waals surface area contributed by atoms with Crippen LogP contribution in [0.1, 0.15) is 16.7 Å². The summed E-state index contributed by atoms with van der Waals surface area (Å²) in [4.78, 5) is 13.2. The minimum absolute atomic E-state index is 0.192. The summed E-state index contributed by atoms with van der Waals surface area (Å²) in [6.07, 6.45) is 3.74. The van der Waals surface area contributed by atoms with Crippen LogP contribution in [0.3, 0.4) is 0 Å². The average Bonchev–Trinajstić information content (AvgIpc) is 2.59. The second-order valence-corrected chi connectivity index (χ2v) is 6.23. The fraction of sp³-hybridized carbons (Fsp3) is 0.444. The Morgan fingerprint density at radius 3 is 2.58 bits per heavy atom. The largest absolute Gasteiger partial charge is 0.378 e. The minimum Gasteiger partial charge on any atom is -0.378 e. The Balaban J connectivity index is 1.59. The maximum atomic E-state index is 13.4. The van der Waals surface area contributed by atoms with Gasteiger partial charge in [0.2, 0.25) is 5.95 Å². The summed E-state index contributed by atoms with van der Waals surface area (Å²) in [5.74, 6) is 0.563. The lowest BCUT2D eigenvalue weighted by atomic mass is 10.1. The number of hydrogen-bond donors (Lipinski definition) is 0. The van der Waals surface area contributed by atoms with E-state index in [2.05, 4.69) is 19.8 Å². The number of rotatable bonds is 5. The maximum Gasteiger partial charge on any atom is 0.225 e. The molecule has 2 heterocycles. The van der Waals surface area contributed by atoms with Crippen LogP contribution in [0.2, 0.25) is 0 Å². The van der Waals surface area contributed by atoms with Crippen LogP contribution in [0, 0.1) is 12.7 Å². The molecule has 1 aliphatic rings. The maximum absolute atomic E-state index is 13.4. The standard InChI is InChI=1S/C18H23FN4O/c1-14-3-4-17(19)9-16(14)13-22(2)12-15-10-20-18(21-11-15)23-5-7-24-8-6-23/h3-4,9-11H,5-8,12-13H2,1-2H3. The molecular weight excluding hydrogens is 307 g/mol. The number of halogens is 1. The van der Waals surface area contributed by atoms with E-state index in [0.29, 0.717) is 6.54 Å². The second-order valence-electron chi connectivity index (χ2n) is 6.23. The summed E-state index contributed by atoms with van der Waals surface area (Å²) in [6, 6.07) is 4.92. The van der Waals surface area contributed by atoms with Gasteiger partial charge in [-0.25, -0.2) is 14.4 Å². The zero-order valence-corrected chi connectivity index (χ0v) is 14.2. The number of benzene rings is 1. The highest BCUT2D eigenvalue weighted by molar-refractivity contribution is 5.30. The second kappa shape index (κ2) is 7.68. The van der Waals surface area contributed by atoms with E-state index < -0.39 is 0 Å². The smallest absolute Gasteiger partial charge is 0.225 e. The van der Waals surface area contributed by atoms with Gasteiger partial charge in [0, 0.05) is 44.1 Å². The highest BCUT2D eigenvalue weighted by atomic mass is 19.1. The third-order valence-electron chi connectivity index (χ3n) is 4.19. The zero-order chi connectivity index (χ0) is 16.9. The van der Waals surface area contributed by atoms with Gasteiger partial charge in [-0.1, -0.05) is 6.07 Å². The van der Waals surface area contributed by atoms with E-state index in [1.54, 1.807) is 6.07 Å². The molecule has 0 spiro atoms. The van der Waals surface area contributed by atoms with Crippen molar-refractivity contribution in [2.45, 2.75) is 20.0 Å². The Morgan fingerprint density at radius 2 is 1.88 bits per heavy atom. The van der Waals surface area contributed by atoms with E-state index >= 15 is 0 Å². The van der Waals surface area contributed by atoms with Crippen LogP contribution in [0.5, 0.6) is 0 Å². The third-order valence-corrected chi connectivity index (χ3v) is 4.19. The summed E-state index contributed by atoms with van der Waals surface area (Å²) < 4.78 is 18.7. The molecule has 2 aromatic rings. The van der Waals surface area contributed by atoms with Gasteiger partial charge in [-0.3, -0.25) is 4.90 Å². The molecule has 1 saturated heterocycles. The lowest BCUT2D eigenvalue weighted by molar-refractivity contribution is 0.122. The minimum atomic E-state index is -0.192. The Kier molecular flexibility index (Phi) is 5.37. The van der Waals surface area contributed by atoms with E-state index in [0.717, 1.165) is 55.5 Å². The number of anilines is 1. The highest BCUT2D eigenvalue weighted by Gasteiger charge is 2.13. The van der Waals surface area contributed by atoms with Crippen LogP contribution in [0.4, 0.5) is 10.3 Å². The van der Waals surface area contributed by atoms with E-state index in [9.17, 15) is 4.39 Å². The quantitative estimate of drug-likeness (QED) is 0.842. The zero-order valence-electron chi connectivity index (χ0n) is 14.2. The lowest BCUT2D eigenvalue weighted by Gasteiger charge is -2.26. The number of hydrogen-bond acceptors (Lipinski definition) is 5. The molecule has 0 atom stereocenters. The first-order chi connectivity index (χ1) is 11.6. The summed E-state index contributed by atoms with van der Waals surface area (Å²) in [5, 5.41) is 0. The van der Waals surface area contributed by atoms with Crippen LogP contribution in [0.15, 0.2) is 30.6 Å². The van der Waals surface area contributed by atoms with Gasteiger partial charge in [-0.2, -0.15) is 0 Å². The molecule has 0 unspecified atom stereocenters. The first-order valence-electron chi connectivity index (χ1n) is 8.19. The van der Waals surface area contributed by atoms with Crippen LogP contribution < -0.4 is 4.90 Å². The number of aryl methyl sites for hydroxylation is 1. The van der Waals surface area contributed by atoms with Gasteiger partial charge in [0.25, 0.3) is 0 Å². The van der Waals surface area contributed by atoms with Crippen LogP contribution in [0.25, 0.3) is 0 Å². The van der Waals surface area contributed by atoms with Crippen molar-refractivity contribution in [2.75, 3.05) is 38.3 Å². The van der Waals surface area contributed by atoms with Gasteiger partial charge in [0.15, 0.2) is 0 Å². The van der Waals surface area contributed by atoms with Gasteiger partial charge in [-0.05, 0) is 37.2 Å². The molecular formula is C18H23FN4O. The predicted octanol–water partition coefficient (Wildman–Crippen LogP) is 2.39. The Bertz CT molecular complexity index is 671. The molecule has 1 aromatic carbocycles. The van der Waals surface area contributed by atoms with Crippen molar-refractivity contribution in [3.63, 3.8) is 0 Å². The van der Waals surface area contributed by atoms with E-state index in [4.69, 9.17) is 4.74 Å². The number of aromatic nitrogens is 2. The summed E-state index contributed by atoms with van der Waals surface area (Å²) >= 11 is 0. The topological polar surface area (TPSA) is 41.5 Å². The van der Waals surface area contributed by atoms with E-state index in [1.165, 1.54) is 6.07 Å². The van der Waals surface area contributed by atoms with Gasteiger partial charge >= 0.3 is 0 Å². The van der Waals surface area contributed by atoms with Crippen molar-refractivity contribution >= 4 is 5.95 Å². The molecule has 0 N–H and O–H groups in total. The van der Waals surface area contributed by atoms with Gasteiger partial charge in [0.05, 0.1) is 13.2 Å². The molecule has 1 aromatic heterocycles. The monoisotopic (exact) mass is 330 g/mol. The predicted molar refractivity (Wildman–Crippen MR) is 91.4 cm³/mol. The molecule has 0 amide bonds. The number of ether oxygens (including phenoxy) is 1. The molecule has 0 saturated carbocycles. The number of nitrogens with zero attached hydrogens (tertiary/aromatic N) is 4. The fourth-order valence-electron chi connectivity index (χ4n) is 2.83. The lowest BCUT2D eigenvalue weighted by Crippen LogP contribution is -2.37. The molecule has 0 radical (unpaired) electrons. The molecule has 6 heteroatoms. The van der Waals surface area contributed by atoms with Crippen LogP contribution >= 0.6 is 0 Å². The molecule has 1 aliphatic heterocycles. The van der Waals surface area contributed by atoms with Crippen molar-refractivity contribution in [3.8, 4) is 0 Å². The van der Waals surface area contributed by atoms with E-state index in [1.807, 2.05) is 32.4 Å². The molecule has 24 heavy (non-hydrogen) atoms. The average molecular weight is 330 g/mol. The molecule has 1 fully saturated rings. The van der Waals surface area contributed by atoms with Gasteiger partial charge in [-0.15, -0.1) is 0 Å². The van der Waals surface area contributed by atoms with Crippen molar-refractivity contribution in [3.05, 3.63) is 53.1 Å².